The number of carbonyl (C=O) groups excluding carboxylic acids is 2. The Morgan fingerprint density at radius 2 is 1.79 bits per heavy atom. The van der Waals surface area contributed by atoms with Gasteiger partial charge in [-0.15, -0.1) is 0 Å². The Hall–Kier alpha value is -3.72. The van der Waals surface area contributed by atoms with Crippen molar-refractivity contribution in [2.45, 2.75) is 64.1 Å². The zero-order chi connectivity index (χ0) is 33.8. The maximum absolute atomic E-state index is 14.6. The lowest BCUT2D eigenvalue weighted by Gasteiger charge is -2.40. The van der Waals surface area contributed by atoms with Crippen molar-refractivity contribution in [1.29, 1.82) is 0 Å². The molecule has 2 amide bonds. The van der Waals surface area contributed by atoms with Crippen molar-refractivity contribution in [2.75, 3.05) is 38.6 Å². The summed E-state index contributed by atoms with van der Waals surface area (Å²) in [6.07, 6.45) is 6.24. The molecular formula is C39H47ClFN5O2. The molecule has 4 aromatic rings. The molecule has 48 heavy (non-hydrogen) atoms. The summed E-state index contributed by atoms with van der Waals surface area (Å²) in [6.45, 7) is 5.13. The number of carbonyl (C=O) groups is 2. The van der Waals surface area contributed by atoms with E-state index in [1.807, 2.05) is 59.6 Å². The fourth-order valence-electron chi connectivity index (χ4n) is 7.43. The summed E-state index contributed by atoms with van der Waals surface area (Å²) >= 11 is 6.43. The maximum atomic E-state index is 14.6. The molecule has 0 bridgehead atoms. The molecule has 3 atom stereocenters. The number of likely N-dealkylation sites (tertiary alicyclic amines) is 1. The number of rotatable bonds is 11. The number of fused-ring (bicyclic) bond motifs is 2. The van der Waals surface area contributed by atoms with Gasteiger partial charge in [0.2, 0.25) is 11.8 Å². The third-order valence-electron chi connectivity index (χ3n) is 10.6. The second-order valence-corrected chi connectivity index (χ2v) is 14.4. The molecule has 0 spiro atoms. The Morgan fingerprint density at radius 3 is 2.56 bits per heavy atom. The number of hydrogen-bond acceptors (Lipinski definition) is 4. The predicted octanol–water partition coefficient (Wildman–Crippen LogP) is 6.84. The highest BCUT2D eigenvalue weighted by atomic mass is 35.5. The van der Waals surface area contributed by atoms with E-state index < -0.39 is 6.04 Å². The minimum absolute atomic E-state index is 0.102. The highest BCUT2D eigenvalue weighted by Gasteiger charge is 2.36. The van der Waals surface area contributed by atoms with Crippen molar-refractivity contribution in [3.8, 4) is 0 Å². The van der Waals surface area contributed by atoms with E-state index in [4.69, 9.17) is 11.6 Å². The first kappa shape index (κ1) is 34.2. The second kappa shape index (κ2) is 15.2. The van der Waals surface area contributed by atoms with Crippen LogP contribution in [-0.2, 0) is 29.0 Å². The summed E-state index contributed by atoms with van der Waals surface area (Å²) in [7, 11) is 4.13. The quantitative estimate of drug-likeness (QED) is 0.183. The molecule has 9 heteroatoms. The van der Waals surface area contributed by atoms with Crippen LogP contribution in [0.25, 0.3) is 10.9 Å². The van der Waals surface area contributed by atoms with Gasteiger partial charge in [0.1, 0.15) is 11.9 Å². The molecule has 254 valence electrons. The zero-order valence-electron chi connectivity index (χ0n) is 28.2. The van der Waals surface area contributed by atoms with Gasteiger partial charge >= 0.3 is 0 Å². The Balaban J connectivity index is 1.15. The van der Waals surface area contributed by atoms with Crippen LogP contribution >= 0.6 is 11.6 Å². The molecule has 0 saturated carbocycles. The van der Waals surface area contributed by atoms with E-state index in [0.717, 1.165) is 72.1 Å². The number of aromatic amines is 1. The summed E-state index contributed by atoms with van der Waals surface area (Å²) in [5, 5.41) is 4.89. The number of aromatic nitrogens is 1. The molecule has 1 saturated heterocycles. The Kier molecular flexibility index (Phi) is 10.8. The van der Waals surface area contributed by atoms with Gasteiger partial charge in [0, 0.05) is 65.3 Å². The van der Waals surface area contributed by atoms with Crippen molar-refractivity contribution >= 4 is 40.0 Å². The van der Waals surface area contributed by atoms with E-state index in [-0.39, 0.29) is 29.6 Å². The van der Waals surface area contributed by atoms with Gasteiger partial charge in [-0.2, -0.15) is 0 Å². The minimum Gasteiger partial charge on any atom is -0.361 e. The summed E-state index contributed by atoms with van der Waals surface area (Å²) in [6, 6.07) is 20.3. The average molecular weight is 672 g/mol. The number of nitrogens with zero attached hydrogens (tertiary/aromatic N) is 3. The van der Waals surface area contributed by atoms with Crippen LogP contribution < -0.4 is 10.2 Å². The van der Waals surface area contributed by atoms with E-state index in [0.29, 0.717) is 36.9 Å². The van der Waals surface area contributed by atoms with E-state index in [2.05, 4.69) is 47.2 Å². The van der Waals surface area contributed by atoms with Gasteiger partial charge in [-0.1, -0.05) is 48.0 Å². The van der Waals surface area contributed by atoms with Gasteiger partial charge in [-0.05, 0) is 113 Å². The molecule has 1 unspecified atom stereocenters. The average Bonchev–Trinajstić information content (AvgIpc) is 3.50. The smallest absolute Gasteiger partial charge is 0.249 e. The van der Waals surface area contributed by atoms with E-state index in [9.17, 15) is 14.0 Å². The van der Waals surface area contributed by atoms with Crippen LogP contribution in [0.5, 0.6) is 0 Å². The van der Waals surface area contributed by atoms with Gasteiger partial charge in [-0.25, -0.2) is 4.39 Å². The SMILES string of the molecule is C[C@H]([C@H]1Cc2cc(Cl)ccc2N(C(=O)C(Cc2c[nH]c3ccccc23)NC(=O)CCC2CCN(Cc3ccccc3F)CC2)C1)N(C)C. The number of amides is 2. The Bertz CT molecular complexity index is 1730. The van der Waals surface area contributed by atoms with E-state index in [1.165, 1.54) is 6.07 Å². The van der Waals surface area contributed by atoms with Crippen LogP contribution in [-0.4, -0.2) is 72.4 Å². The van der Waals surface area contributed by atoms with Gasteiger partial charge in [0.15, 0.2) is 0 Å². The van der Waals surface area contributed by atoms with E-state index >= 15 is 0 Å². The topological polar surface area (TPSA) is 71.7 Å². The second-order valence-electron chi connectivity index (χ2n) is 13.9. The highest BCUT2D eigenvalue weighted by Crippen LogP contribution is 2.35. The molecule has 6 rings (SSSR count). The summed E-state index contributed by atoms with van der Waals surface area (Å²) in [5.41, 5.74) is 4.65. The fourth-order valence-corrected chi connectivity index (χ4v) is 7.62. The largest absolute Gasteiger partial charge is 0.361 e. The number of piperidine rings is 1. The van der Waals surface area contributed by atoms with Crippen LogP contribution in [0, 0.1) is 17.7 Å². The van der Waals surface area contributed by atoms with Crippen molar-refractivity contribution in [2.24, 2.45) is 11.8 Å². The molecule has 2 N–H and O–H groups in total. The van der Waals surface area contributed by atoms with Crippen LogP contribution in [0.15, 0.2) is 72.9 Å². The third-order valence-corrected chi connectivity index (χ3v) is 10.8. The number of benzene rings is 3. The molecule has 7 nitrogen and oxygen atoms in total. The molecule has 3 aromatic carbocycles. The Labute approximate surface area is 288 Å². The summed E-state index contributed by atoms with van der Waals surface area (Å²) in [4.78, 5) is 37.9. The summed E-state index contributed by atoms with van der Waals surface area (Å²) < 4.78 is 14.2. The molecule has 1 aromatic heterocycles. The van der Waals surface area contributed by atoms with Crippen LogP contribution in [0.1, 0.15) is 49.3 Å². The molecule has 1 fully saturated rings. The number of hydrogen-bond donors (Lipinski definition) is 2. The van der Waals surface area contributed by atoms with Crippen LogP contribution in [0.3, 0.4) is 0 Å². The van der Waals surface area contributed by atoms with Gasteiger partial charge in [-0.3, -0.25) is 14.5 Å². The standard InChI is InChI=1S/C39H47ClFN5O2/c1-26(44(2)3)31-20-29-21-32(40)13-14-37(29)46(25-31)39(48)36(22-30-23-42-35-11-7-5-9-33(30)35)43-38(47)15-12-27-16-18-45(19-17-27)24-28-8-4-6-10-34(28)41/h4-11,13-14,21,23,26-27,31,36,42H,12,15-20,22,24-25H2,1-3H3,(H,43,47)/t26-,31+,36?/m1/s1. The molecule has 2 aliphatic rings. The lowest BCUT2D eigenvalue weighted by atomic mass is 9.86. The monoisotopic (exact) mass is 671 g/mol. The number of para-hydroxylation sites is 1. The Morgan fingerprint density at radius 1 is 1.04 bits per heavy atom. The zero-order valence-corrected chi connectivity index (χ0v) is 29.0. The molecular weight excluding hydrogens is 625 g/mol. The first-order valence-electron chi connectivity index (χ1n) is 17.2. The van der Waals surface area contributed by atoms with Crippen LogP contribution in [0.4, 0.5) is 10.1 Å². The number of anilines is 1. The fraction of sp³-hybridized carbons (Fsp3) is 0.436. The number of halogens is 2. The first-order valence-corrected chi connectivity index (χ1v) is 17.6. The third kappa shape index (κ3) is 7.94. The molecule has 0 aliphatic carbocycles. The molecule has 0 radical (unpaired) electrons. The maximum Gasteiger partial charge on any atom is 0.249 e. The van der Waals surface area contributed by atoms with Crippen molar-refractivity contribution in [3.63, 3.8) is 0 Å². The normalized spacial score (nSPS) is 18.5. The first-order chi connectivity index (χ1) is 23.2. The van der Waals surface area contributed by atoms with Crippen molar-refractivity contribution < 1.29 is 14.0 Å². The van der Waals surface area contributed by atoms with Crippen molar-refractivity contribution in [1.82, 2.24) is 20.1 Å². The molecule has 2 aliphatic heterocycles. The summed E-state index contributed by atoms with van der Waals surface area (Å²) in [5.74, 6) is 0.265. The lowest BCUT2D eigenvalue weighted by molar-refractivity contribution is -0.128. The lowest BCUT2D eigenvalue weighted by Crippen LogP contribution is -2.54. The van der Waals surface area contributed by atoms with Gasteiger partial charge < -0.3 is 20.1 Å². The minimum atomic E-state index is -0.726. The highest BCUT2D eigenvalue weighted by molar-refractivity contribution is 6.30. The van der Waals surface area contributed by atoms with E-state index in [1.54, 1.807) is 6.07 Å². The number of H-pyrrole nitrogens is 1. The van der Waals surface area contributed by atoms with Crippen LogP contribution in [0.2, 0.25) is 5.02 Å². The predicted molar refractivity (Wildman–Crippen MR) is 192 cm³/mol. The number of nitrogens with one attached hydrogen (secondary N) is 2. The van der Waals surface area contributed by atoms with Crippen molar-refractivity contribution in [3.05, 3.63) is 100 Å². The molecule has 3 heterocycles. The van der Waals surface area contributed by atoms with Gasteiger partial charge in [0.05, 0.1) is 0 Å². The van der Waals surface area contributed by atoms with Gasteiger partial charge in [0.25, 0.3) is 0 Å².